The summed E-state index contributed by atoms with van der Waals surface area (Å²) in [7, 11) is 0.145. The van der Waals surface area contributed by atoms with Gasteiger partial charge in [-0.15, -0.1) is 0 Å². The summed E-state index contributed by atoms with van der Waals surface area (Å²) in [5, 5.41) is 3.07. The van der Waals surface area contributed by atoms with Crippen LogP contribution in [0.5, 0.6) is 5.75 Å². The lowest BCUT2D eigenvalue weighted by molar-refractivity contribution is 0.0941. The molecule has 0 bridgehead atoms. The zero-order chi connectivity index (χ0) is 22.2. The molecular formula is C22H24N4O4S. The SMILES string of the molecule is COc1ccc(C(NC(=O)c2ccc3c(c2)CCN3S(C)(=O)=O)c2nccn2C)cc1. The predicted molar refractivity (Wildman–Crippen MR) is 118 cm³/mol. The molecule has 162 valence electrons. The van der Waals surface area contributed by atoms with Crippen molar-refractivity contribution in [3.63, 3.8) is 0 Å². The Bertz CT molecular complexity index is 1220. The zero-order valence-electron chi connectivity index (χ0n) is 17.6. The Hall–Kier alpha value is -3.33. The van der Waals surface area contributed by atoms with Gasteiger partial charge in [-0.1, -0.05) is 12.1 Å². The van der Waals surface area contributed by atoms with Gasteiger partial charge in [-0.25, -0.2) is 13.4 Å². The van der Waals surface area contributed by atoms with Crippen LogP contribution in [0.25, 0.3) is 0 Å². The molecule has 0 radical (unpaired) electrons. The molecule has 1 unspecified atom stereocenters. The number of ether oxygens (including phenoxy) is 1. The maximum atomic E-state index is 13.1. The normalized spacial score (nSPS) is 14.2. The van der Waals surface area contributed by atoms with Crippen LogP contribution in [0.3, 0.4) is 0 Å². The molecule has 1 amide bonds. The van der Waals surface area contributed by atoms with E-state index < -0.39 is 16.1 Å². The first-order valence-corrected chi connectivity index (χ1v) is 11.7. The van der Waals surface area contributed by atoms with E-state index in [1.807, 2.05) is 42.1 Å². The average molecular weight is 441 g/mol. The summed E-state index contributed by atoms with van der Waals surface area (Å²) < 4.78 is 32.4. The second kappa shape index (κ2) is 8.07. The number of rotatable bonds is 6. The summed E-state index contributed by atoms with van der Waals surface area (Å²) in [5.74, 6) is 1.16. The van der Waals surface area contributed by atoms with E-state index in [-0.39, 0.29) is 5.91 Å². The third kappa shape index (κ3) is 4.13. The second-order valence-electron chi connectivity index (χ2n) is 7.50. The number of sulfonamides is 1. The smallest absolute Gasteiger partial charge is 0.252 e. The largest absolute Gasteiger partial charge is 0.497 e. The van der Waals surface area contributed by atoms with Crippen LogP contribution in [0.2, 0.25) is 0 Å². The lowest BCUT2D eigenvalue weighted by Gasteiger charge is -2.20. The molecule has 9 heteroatoms. The fourth-order valence-corrected chi connectivity index (χ4v) is 4.78. The zero-order valence-corrected chi connectivity index (χ0v) is 18.4. The standard InChI is InChI=1S/C22H24N4O4S/c1-25-13-11-23-21(25)20(15-4-7-18(30-2)8-5-15)24-22(27)17-6-9-19-16(14-17)10-12-26(19)31(3,28)29/h4-9,11,13-14,20H,10,12H2,1-3H3,(H,24,27). The molecule has 2 aromatic carbocycles. The van der Waals surface area contributed by atoms with Gasteiger partial charge in [-0.05, 0) is 47.9 Å². The molecule has 0 fully saturated rings. The number of fused-ring (bicyclic) bond motifs is 1. The van der Waals surface area contributed by atoms with E-state index in [0.717, 1.165) is 16.9 Å². The highest BCUT2D eigenvalue weighted by molar-refractivity contribution is 7.92. The van der Waals surface area contributed by atoms with Gasteiger partial charge in [-0.3, -0.25) is 9.10 Å². The molecule has 1 aliphatic heterocycles. The van der Waals surface area contributed by atoms with Crippen molar-refractivity contribution in [3.05, 3.63) is 77.4 Å². The van der Waals surface area contributed by atoms with Crippen molar-refractivity contribution >= 4 is 21.6 Å². The first-order valence-electron chi connectivity index (χ1n) is 9.80. The lowest BCUT2D eigenvalue weighted by Crippen LogP contribution is -2.31. The van der Waals surface area contributed by atoms with Crippen molar-refractivity contribution < 1.29 is 17.9 Å². The molecule has 2 heterocycles. The number of hydrogen-bond donors (Lipinski definition) is 1. The van der Waals surface area contributed by atoms with E-state index in [1.165, 1.54) is 10.6 Å². The Morgan fingerprint density at radius 2 is 1.94 bits per heavy atom. The Labute approximate surface area is 181 Å². The minimum absolute atomic E-state index is 0.260. The Kier molecular flexibility index (Phi) is 5.45. The number of nitrogens with zero attached hydrogens (tertiary/aromatic N) is 3. The monoisotopic (exact) mass is 440 g/mol. The maximum Gasteiger partial charge on any atom is 0.252 e. The molecule has 0 spiro atoms. The Morgan fingerprint density at radius 1 is 1.19 bits per heavy atom. The molecule has 31 heavy (non-hydrogen) atoms. The molecule has 0 saturated heterocycles. The van der Waals surface area contributed by atoms with Crippen LogP contribution in [-0.4, -0.2) is 43.8 Å². The van der Waals surface area contributed by atoms with Crippen molar-refractivity contribution in [3.8, 4) is 5.75 Å². The molecule has 3 aromatic rings. The highest BCUT2D eigenvalue weighted by Gasteiger charge is 2.28. The van der Waals surface area contributed by atoms with Gasteiger partial charge in [0.05, 0.1) is 19.1 Å². The van der Waals surface area contributed by atoms with E-state index in [1.54, 1.807) is 31.5 Å². The molecule has 1 aliphatic rings. The van der Waals surface area contributed by atoms with Crippen LogP contribution in [0, 0.1) is 0 Å². The van der Waals surface area contributed by atoms with Crippen LogP contribution >= 0.6 is 0 Å². The molecule has 1 N–H and O–H groups in total. The van der Waals surface area contributed by atoms with Gasteiger partial charge in [-0.2, -0.15) is 0 Å². The van der Waals surface area contributed by atoms with E-state index in [2.05, 4.69) is 10.3 Å². The molecule has 0 saturated carbocycles. The highest BCUT2D eigenvalue weighted by Crippen LogP contribution is 2.31. The number of imidazole rings is 1. The van der Waals surface area contributed by atoms with Gasteiger partial charge < -0.3 is 14.6 Å². The fraction of sp³-hybridized carbons (Fsp3) is 0.273. The summed E-state index contributed by atoms with van der Waals surface area (Å²) in [6.07, 6.45) is 5.28. The van der Waals surface area contributed by atoms with Crippen molar-refractivity contribution in [2.75, 3.05) is 24.2 Å². The number of hydrogen-bond acceptors (Lipinski definition) is 5. The molecule has 4 rings (SSSR count). The van der Waals surface area contributed by atoms with Gasteiger partial charge >= 0.3 is 0 Å². The second-order valence-corrected chi connectivity index (χ2v) is 9.41. The molecule has 8 nitrogen and oxygen atoms in total. The maximum absolute atomic E-state index is 13.1. The third-order valence-corrected chi connectivity index (χ3v) is 6.62. The summed E-state index contributed by atoms with van der Waals surface area (Å²) >= 11 is 0. The quantitative estimate of drug-likeness (QED) is 0.635. The number of anilines is 1. The van der Waals surface area contributed by atoms with Crippen LogP contribution < -0.4 is 14.4 Å². The average Bonchev–Trinajstić information content (AvgIpc) is 3.37. The van der Waals surface area contributed by atoms with Crippen molar-refractivity contribution in [2.45, 2.75) is 12.5 Å². The van der Waals surface area contributed by atoms with E-state index in [4.69, 9.17) is 4.74 Å². The van der Waals surface area contributed by atoms with Gasteiger partial charge in [0.1, 0.15) is 17.6 Å². The predicted octanol–water partition coefficient (Wildman–Crippen LogP) is 2.27. The highest BCUT2D eigenvalue weighted by atomic mass is 32.2. The van der Waals surface area contributed by atoms with E-state index in [0.29, 0.717) is 30.0 Å². The summed E-state index contributed by atoms with van der Waals surface area (Å²) in [6.45, 7) is 0.390. The number of amides is 1. The van der Waals surface area contributed by atoms with Crippen LogP contribution in [0.15, 0.2) is 54.9 Å². The first kappa shape index (κ1) is 20.9. The molecule has 1 aromatic heterocycles. The van der Waals surface area contributed by atoms with Crippen molar-refractivity contribution in [2.24, 2.45) is 7.05 Å². The number of carbonyl (C=O) groups is 1. The topological polar surface area (TPSA) is 93.5 Å². The number of carbonyl (C=O) groups excluding carboxylic acids is 1. The Balaban J connectivity index is 1.63. The van der Waals surface area contributed by atoms with Gasteiger partial charge in [0.25, 0.3) is 5.91 Å². The molecule has 0 aliphatic carbocycles. The van der Waals surface area contributed by atoms with E-state index >= 15 is 0 Å². The minimum Gasteiger partial charge on any atom is -0.497 e. The summed E-state index contributed by atoms with van der Waals surface area (Å²) in [5.41, 5.74) is 2.82. The van der Waals surface area contributed by atoms with Crippen LogP contribution in [-0.2, 0) is 23.5 Å². The summed E-state index contributed by atoms with van der Waals surface area (Å²) in [4.78, 5) is 17.6. The van der Waals surface area contributed by atoms with Crippen molar-refractivity contribution in [1.82, 2.24) is 14.9 Å². The van der Waals surface area contributed by atoms with Crippen LogP contribution in [0.4, 0.5) is 5.69 Å². The number of nitrogens with one attached hydrogen (secondary N) is 1. The molecular weight excluding hydrogens is 416 g/mol. The number of aryl methyl sites for hydroxylation is 1. The van der Waals surface area contributed by atoms with Gasteiger partial charge in [0.2, 0.25) is 10.0 Å². The van der Waals surface area contributed by atoms with Crippen LogP contribution in [0.1, 0.15) is 33.4 Å². The fourth-order valence-electron chi connectivity index (χ4n) is 3.82. The summed E-state index contributed by atoms with van der Waals surface area (Å²) in [6, 6.07) is 12.1. The van der Waals surface area contributed by atoms with Gasteiger partial charge in [0.15, 0.2) is 0 Å². The van der Waals surface area contributed by atoms with Gasteiger partial charge in [0, 0.05) is 31.5 Å². The number of aromatic nitrogens is 2. The lowest BCUT2D eigenvalue weighted by atomic mass is 10.0. The molecule has 1 atom stereocenters. The first-order chi connectivity index (χ1) is 14.8. The third-order valence-electron chi connectivity index (χ3n) is 5.44. The number of benzene rings is 2. The van der Waals surface area contributed by atoms with E-state index in [9.17, 15) is 13.2 Å². The van der Waals surface area contributed by atoms with Crippen molar-refractivity contribution in [1.29, 1.82) is 0 Å². The Morgan fingerprint density at radius 3 is 2.55 bits per heavy atom. The number of methoxy groups -OCH3 is 1. The minimum atomic E-state index is -3.33.